The minimum Gasteiger partial charge on any atom is -0.260 e. The van der Waals surface area contributed by atoms with Crippen molar-refractivity contribution in [2.75, 3.05) is 16.4 Å². The van der Waals surface area contributed by atoms with Crippen LogP contribution in [-0.2, 0) is 10.8 Å². The zero-order valence-corrected chi connectivity index (χ0v) is 7.29. The van der Waals surface area contributed by atoms with Crippen LogP contribution in [0, 0.1) is 0 Å². The van der Waals surface area contributed by atoms with E-state index in [1.165, 1.54) is 0 Å². The second kappa shape index (κ2) is 5.03. The van der Waals surface area contributed by atoms with Crippen LogP contribution in [-0.4, -0.2) is 20.6 Å². The zero-order chi connectivity index (χ0) is 5.70. The predicted octanol–water partition coefficient (Wildman–Crippen LogP) is 1.19. The van der Waals surface area contributed by atoms with Crippen LogP contribution in [0.3, 0.4) is 0 Å². The van der Waals surface area contributed by atoms with Crippen LogP contribution in [0.25, 0.3) is 0 Å². The smallest absolute Gasteiger partial charge is 0.0239 e. The van der Waals surface area contributed by atoms with E-state index in [4.69, 9.17) is 0 Å². The Morgan fingerprint density at radius 1 is 1.71 bits per heavy atom. The molecule has 0 radical (unpaired) electrons. The lowest BCUT2D eigenvalue weighted by atomic mass is 10.6. The van der Waals surface area contributed by atoms with Gasteiger partial charge in [0, 0.05) is 27.2 Å². The highest BCUT2D eigenvalue weighted by Crippen LogP contribution is 1.88. The number of halogens is 1. The summed E-state index contributed by atoms with van der Waals surface area (Å²) in [6, 6.07) is 0. The van der Waals surface area contributed by atoms with Crippen LogP contribution < -0.4 is 0 Å². The highest BCUT2D eigenvalue weighted by Gasteiger charge is 1.86. The van der Waals surface area contributed by atoms with E-state index in [1.807, 2.05) is 0 Å². The maximum atomic E-state index is 10.3. The summed E-state index contributed by atoms with van der Waals surface area (Å²) in [5.74, 6) is 0.864. The van der Waals surface area contributed by atoms with Gasteiger partial charge >= 0.3 is 0 Å². The lowest BCUT2D eigenvalue weighted by Gasteiger charge is -1.87. The molecule has 44 valence electrons. The standard InChI is InChI=1S/C4H9IOS/c1-7(6)4-2-3-5/h2-4H2,1H3. The fraction of sp³-hybridized carbons (Fsp3) is 1.00. The van der Waals surface area contributed by atoms with Crippen molar-refractivity contribution in [3.8, 4) is 0 Å². The maximum absolute atomic E-state index is 10.3. The summed E-state index contributed by atoms with van der Waals surface area (Å²) in [7, 11) is -0.570. The van der Waals surface area contributed by atoms with E-state index in [1.54, 1.807) is 6.26 Å². The molecule has 0 saturated carbocycles. The van der Waals surface area contributed by atoms with Crippen LogP contribution in [0.2, 0.25) is 0 Å². The summed E-state index contributed by atoms with van der Waals surface area (Å²) in [6.07, 6.45) is 2.83. The van der Waals surface area contributed by atoms with Crippen molar-refractivity contribution in [2.45, 2.75) is 6.42 Å². The van der Waals surface area contributed by atoms with Crippen molar-refractivity contribution in [1.29, 1.82) is 0 Å². The number of alkyl halides is 1. The van der Waals surface area contributed by atoms with Crippen molar-refractivity contribution in [2.24, 2.45) is 0 Å². The van der Waals surface area contributed by atoms with Crippen molar-refractivity contribution in [3.05, 3.63) is 0 Å². The average Bonchev–Trinajstić information content (AvgIpc) is 1.61. The molecule has 0 rings (SSSR count). The van der Waals surface area contributed by atoms with Crippen molar-refractivity contribution in [1.82, 2.24) is 0 Å². The van der Waals surface area contributed by atoms with E-state index in [9.17, 15) is 4.21 Å². The molecule has 0 N–H and O–H groups in total. The SMILES string of the molecule is CS(=O)CCCI. The first-order valence-electron chi connectivity index (χ1n) is 2.13. The highest BCUT2D eigenvalue weighted by atomic mass is 127. The Balaban J connectivity index is 2.82. The van der Waals surface area contributed by atoms with Gasteiger partial charge in [0.1, 0.15) is 0 Å². The third-order valence-electron chi connectivity index (χ3n) is 0.565. The fourth-order valence-electron chi connectivity index (χ4n) is 0.258. The molecule has 1 atom stereocenters. The van der Waals surface area contributed by atoms with Gasteiger partial charge in [-0.2, -0.15) is 0 Å². The first-order valence-corrected chi connectivity index (χ1v) is 5.38. The number of rotatable bonds is 3. The number of hydrogen-bond donors (Lipinski definition) is 0. The van der Waals surface area contributed by atoms with E-state index in [0.29, 0.717) is 0 Å². The molecule has 0 amide bonds. The molecule has 1 nitrogen and oxygen atoms in total. The topological polar surface area (TPSA) is 17.1 Å². The third-order valence-corrected chi connectivity index (χ3v) is 2.19. The quantitative estimate of drug-likeness (QED) is 0.527. The Hall–Kier alpha value is 0.880. The van der Waals surface area contributed by atoms with Crippen LogP contribution in [0.1, 0.15) is 6.42 Å². The normalized spacial score (nSPS) is 14.0. The maximum Gasteiger partial charge on any atom is 0.0239 e. The summed E-state index contributed by atoms with van der Waals surface area (Å²) in [5.41, 5.74) is 0. The van der Waals surface area contributed by atoms with Gasteiger partial charge in [-0.3, -0.25) is 4.21 Å². The Kier molecular flexibility index (Phi) is 5.66. The third kappa shape index (κ3) is 6.88. The molecule has 0 bridgehead atoms. The molecule has 0 aromatic heterocycles. The molecule has 0 aromatic rings. The Labute approximate surface area is 60.5 Å². The predicted molar refractivity (Wildman–Crippen MR) is 42.4 cm³/mol. The number of hydrogen-bond acceptors (Lipinski definition) is 1. The van der Waals surface area contributed by atoms with Gasteiger partial charge in [0.15, 0.2) is 0 Å². The summed E-state index contributed by atoms with van der Waals surface area (Å²) >= 11 is 2.29. The molecule has 0 fully saturated rings. The van der Waals surface area contributed by atoms with E-state index >= 15 is 0 Å². The Morgan fingerprint density at radius 3 is 2.43 bits per heavy atom. The Morgan fingerprint density at radius 2 is 2.29 bits per heavy atom. The van der Waals surface area contributed by atoms with E-state index in [0.717, 1.165) is 16.6 Å². The zero-order valence-electron chi connectivity index (χ0n) is 4.32. The van der Waals surface area contributed by atoms with Crippen molar-refractivity contribution in [3.63, 3.8) is 0 Å². The molecule has 1 unspecified atom stereocenters. The molecule has 3 heteroatoms. The fourth-order valence-corrected chi connectivity index (χ4v) is 1.71. The molecule has 7 heavy (non-hydrogen) atoms. The summed E-state index contributed by atoms with van der Waals surface area (Å²) in [5, 5.41) is 0. The monoisotopic (exact) mass is 232 g/mol. The minimum absolute atomic E-state index is 0.570. The summed E-state index contributed by atoms with van der Waals surface area (Å²) in [6.45, 7) is 0. The average molecular weight is 232 g/mol. The van der Waals surface area contributed by atoms with Crippen molar-refractivity contribution < 1.29 is 4.21 Å². The molecule has 0 spiro atoms. The van der Waals surface area contributed by atoms with Gasteiger partial charge in [-0.25, -0.2) is 0 Å². The molecule has 0 aromatic carbocycles. The van der Waals surface area contributed by atoms with E-state index in [2.05, 4.69) is 22.6 Å². The molecule has 0 aliphatic heterocycles. The second-order valence-corrected chi connectivity index (χ2v) is 3.95. The Bertz CT molecular complexity index is 64.7. The summed E-state index contributed by atoms with van der Waals surface area (Å²) < 4.78 is 11.4. The van der Waals surface area contributed by atoms with Gasteiger partial charge in [0.05, 0.1) is 0 Å². The van der Waals surface area contributed by atoms with Crippen LogP contribution in [0.4, 0.5) is 0 Å². The van der Waals surface area contributed by atoms with Gasteiger partial charge in [0.25, 0.3) is 0 Å². The lowest BCUT2D eigenvalue weighted by Crippen LogP contribution is -1.92. The largest absolute Gasteiger partial charge is 0.260 e. The first-order chi connectivity index (χ1) is 3.27. The van der Waals surface area contributed by atoms with Gasteiger partial charge in [-0.1, -0.05) is 22.6 Å². The molecular formula is C4H9IOS. The van der Waals surface area contributed by atoms with Gasteiger partial charge in [-0.05, 0) is 6.42 Å². The van der Waals surface area contributed by atoms with Gasteiger partial charge in [-0.15, -0.1) is 0 Å². The highest BCUT2D eigenvalue weighted by molar-refractivity contribution is 14.1. The molecule has 0 heterocycles. The molecular weight excluding hydrogens is 223 g/mol. The van der Waals surface area contributed by atoms with Crippen molar-refractivity contribution >= 4 is 33.4 Å². The minimum atomic E-state index is -0.570. The van der Waals surface area contributed by atoms with Crippen LogP contribution >= 0.6 is 22.6 Å². The van der Waals surface area contributed by atoms with E-state index < -0.39 is 10.8 Å². The molecule has 0 aliphatic rings. The van der Waals surface area contributed by atoms with Gasteiger partial charge < -0.3 is 0 Å². The summed E-state index contributed by atoms with van der Waals surface area (Å²) in [4.78, 5) is 0. The lowest BCUT2D eigenvalue weighted by molar-refractivity contribution is 0.686. The van der Waals surface area contributed by atoms with E-state index in [-0.39, 0.29) is 0 Å². The molecule has 0 aliphatic carbocycles. The first kappa shape index (κ1) is 7.88. The second-order valence-electron chi connectivity index (χ2n) is 1.32. The molecule has 0 saturated heterocycles. The van der Waals surface area contributed by atoms with Crippen LogP contribution in [0.5, 0.6) is 0 Å². The van der Waals surface area contributed by atoms with Crippen LogP contribution in [0.15, 0.2) is 0 Å². The van der Waals surface area contributed by atoms with Gasteiger partial charge in [0.2, 0.25) is 0 Å².